The second-order valence-electron chi connectivity index (χ2n) is 5.81. The molecule has 4 N–H and O–H groups in total. The van der Waals surface area contributed by atoms with Gasteiger partial charge in [0.1, 0.15) is 5.84 Å². The molecule has 0 spiro atoms. The molecule has 1 aromatic rings. The van der Waals surface area contributed by atoms with Crippen molar-refractivity contribution in [1.29, 1.82) is 0 Å². The SMILES string of the molecule is CN(C(C/C(N)=N/O)c1ccccc1)C1CCCCC1O. The summed E-state index contributed by atoms with van der Waals surface area (Å²) in [5.74, 6) is 0.209. The van der Waals surface area contributed by atoms with Crippen molar-refractivity contribution < 1.29 is 10.3 Å². The van der Waals surface area contributed by atoms with E-state index in [0.717, 1.165) is 31.2 Å². The van der Waals surface area contributed by atoms with Gasteiger partial charge < -0.3 is 16.0 Å². The van der Waals surface area contributed by atoms with E-state index in [4.69, 9.17) is 10.9 Å². The molecule has 1 fully saturated rings. The van der Waals surface area contributed by atoms with Crippen molar-refractivity contribution in [2.75, 3.05) is 7.05 Å². The van der Waals surface area contributed by atoms with Crippen molar-refractivity contribution in [3.8, 4) is 0 Å². The highest BCUT2D eigenvalue weighted by atomic mass is 16.4. The Bertz CT molecular complexity index is 464. The van der Waals surface area contributed by atoms with Crippen LogP contribution in [-0.4, -0.2) is 40.2 Å². The lowest BCUT2D eigenvalue weighted by Gasteiger charge is -2.40. The molecule has 0 saturated heterocycles. The van der Waals surface area contributed by atoms with Crippen molar-refractivity contribution in [3.05, 3.63) is 35.9 Å². The number of likely N-dealkylation sites (N-methyl/N-ethyl adjacent to an activating group) is 1. The smallest absolute Gasteiger partial charge is 0.141 e. The van der Waals surface area contributed by atoms with E-state index >= 15 is 0 Å². The first-order valence-electron chi connectivity index (χ1n) is 7.55. The van der Waals surface area contributed by atoms with Gasteiger partial charge in [0.05, 0.1) is 6.10 Å². The topological polar surface area (TPSA) is 82.1 Å². The van der Waals surface area contributed by atoms with Gasteiger partial charge in [-0.3, -0.25) is 4.90 Å². The molecule has 3 atom stereocenters. The van der Waals surface area contributed by atoms with E-state index in [9.17, 15) is 5.11 Å². The van der Waals surface area contributed by atoms with E-state index in [1.54, 1.807) is 0 Å². The highest BCUT2D eigenvalue weighted by molar-refractivity contribution is 5.80. The fourth-order valence-corrected chi connectivity index (χ4v) is 3.21. The van der Waals surface area contributed by atoms with Crippen LogP contribution in [0.4, 0.5) is 0 Å². The van der Waals surface area contributed by atoms with Gasteiger partial charge in [0, 0.05) is 18.5 Å². The molecule has 0 heterocycles. The average molecular weight is 291 g/mol. The van der Waals surface area contributed by atoms with Gasteiger partial charge in [0.25, 0.3) is 0 Å². The number of rotatable bonds is 5. The summed E-state index contributed by atoms with van der Waals surface area (Å²) in [5.41, 5.74) is 6.84. The Morgan fingerprint density at radius 2 is 2.00 bits per heavy atom. The number of hydrogen-bond donors (Lipinski definition) is 3. The first kappa shape index (κ1) is 15.8. The Morgan fingerprint density at radius 3 is 2.62 bits per heavy atom. The Hall–Kier alpha value is -1.59. The van der Waals surface area contributed by atoms with E-state index < -0.39 is 0 Å². The third-order valence-electron chi connectivity index (χ3n) is 4.42. The summed E-state index contributed by atoms with van der Waals surface area (Å²) < 4.78 is 0. The summed E-state index contributed by atoms with van der Waals surface area (Å²) in [4.78, 5) is 2.18. The summed E-state index contributed by atoms with van der Waals surface area (Å²) in [6.07, 6.45) is 4.19. The second kappa shape index (κ2) is 7.43. The minimum atomic E-state index is -0.303. The van der Waals surface area contributed by atoms with Crippen LogP contribution in [0.1, 0.15) is 43.7 Å². The summed E-state index contributed by atoms with van der Waals surface area (Å²) in [5, 5.41) is 22.2. The molecule has 0 bridgehead atoms. The number of aliphatic hydroxyl groups excluding tert-OH is 1. The van der Waals surface area contributed by atoms with Crippen LogP contribution in [-0.2, 0) is 0 Å². The zero-order valence-corrected chi connectivity index (χ0v) is 12.5. The minimum absolute atomic E-state index is 0.000139. The quantitative estimate of drug-likeness (QED) is 0.336. The summed E-state index contributed by atoms with van der Waals surface area (Å²) in [7, 11) is 2.02. The molecule has 0 aromatic heterocycles. The molecular weight excluding hydrogens is 266 g/mol. The molecule has 2 rings (SSSR count). The van der Waals surface area contributed by atoms with E-state index in [1.165, 1.54) is 0 Å². The van der Waals surface area contributed by atoms with Crippen LogP contribution in [0.3, 0.4) is 0 Å². The van der Waals surface area contributed by atoms with Gasteiger partial charge in [-0.2, -0.15) is 0 Å². The van der Waals surface area contributed by atoms with Crippen LogP contribution in [0.2, 0.25) is 0 Å². The fourth-order valence-electron chi connectivity index (χ4n) is 3.21. The summed E-state index contributed by atoms with van der Waals surface area (Å²) in [6.45, 7) is 0. The van der Waals surface area contributed by atoms with Crippen molar-refractivity contribution in [2.45, 2.75) is 50.3 Å². The number of benzene rings is 1. The Morgan fingerprint density at radius 1 is 1.33 bits per heavy atom. The van der Waals surface area contributed by atoms with Crippen LogP contribution >= 0.6 is 0 Å². The molecule has 1 saturated carbocycles. The molecule has 1 aliphatic carbocycles. The van der Waals surface area contributed by atoms with Gasteiger partial charge >= 0.3 is 0 Å². The van der Waals surface area contributed by atoms with Crippen LogP contribution in [0, 0.1) is 0 Å². The molecule has 5 heteroatoms. The second-order valence-corrected chi connectivity index (χ2v) is 5.81. The van der Waals surface area contributed by atoms with E-state index in [-0.39, 0.29) is 24.0 Å². The van der Waals surface area contributed by atoms with Gasteiger partial charge in [-0.05, 0) is 25.5 Å². The van der Waals surface area contributed by atoms with Crippen LogP contribution in [0.5, 0.6) is 0 Å². The summed E-state index contributed by atoms with van der Waals surface area (Å²) in [6, 6.07) is 10.1. The number of hydrogen-bond acceptors (Lipinski definition) is 4. The van der Waals surface area contributed by atoms with E-state index in [0.29, 0.717) is 6.42 Å². The maximum atomic E-state index is 10.3. The average Bonchev–Trinajstić information content (AvgIpc) is 2.53. The number of amidine groups is 1. The summed E-state index contributed by atoms with van der Waals surface area (Å²) >= 11 is 0. The predicted octanol–water partition coefficient (Wildman–Crippen LogP) is 2.10. The first-order valence-corrected chi connectivity index (χ1v) is 7.55. The largest absolute Gasteiger partial charge is 0.409 e. The molecule has 5 nitrogen and oxygen atoms in total. The lowest BCUT2D eigenvalue weighted by molar-refractivity contribution is 0.0132. The normalized spacial score (nSPS) is 25.0. The van der Waals surface area contributed by atoms with Crippen LogP contribution in [0.15, 0.2) is 35.5 Å². The molecule has 0 amide bonds. The lowest BCUT2D eigenvalue weighted by atomic mass is 9.89. The minimum Gasteiger partial charge on any atom is -0.409 e. The molecule has 21 heavy (non-hydrogen) atoms. The highest BCUT2D eigenvalue weighted by Gasteiger charge is 2.31. The van der Waals surface area contributed by atoms with Crippen LogP contribution in [0.25, 0.3) is 0 Å². The fraction of sp³-hybridized carbons (Fsp3) is 0.562. The van der Waals surface area contributed by atoms with Gasteiger partial charge in [-0.15, -0.1) is 0 Å². The zero-order chi connectivity index (χ0) is 15.2. The maximum Gasteiger partial charge on any atom is 0.141 e. The first-order chi connectivity index (χ1) is 10.1. The van der Waals surface area contributed by atoms with Crippen molar-refractivity contribution in [3.63, 3.8) is 0 Å². The molecule has 1 aliphatic rings. The number of nitrogens with two attached hydrogens (primary N) is 1. The highest BCUT2D eigenvalue weighted by Crippen LogP contribution is 2.31. The van der Waals surface area contributed by atoms with E-state index in [2.05, 4.69) is 10.1 Å². The molecule has 116 valence electrons. The molecular formula is C16H25N3O2. The van der Waals surface area contributed by atoms with Crippen LogP contribution < -0.4 is 5.73 Å². The maximum absolute atomic E-state index is 10.3. The third-order valence-corrected chi connectivity index (χ3v) is 4.42. The number of nitrogens with zero attached hydrogens (tertiary/aromatic N) is 2. The molecule has 0 aliphatic heterocycles. The number of oxime groups is 1. The molecule has 3 unspecified atom stereocenters. The Balaban J connectivity index is 2.21. The number of aliphatic hydroxyl groups is 1. The van der Waals surface area contributed by atoms with Gasteiger partial charge in [0.15, 0.2) is 0 Å². The van der Waals surface area contributed by atoms with Crippen molar-refractivity contribution in [2.24, 2.45) is 10.9 Å². The predicted molar refractivity (Wildman–Crippen MR) is 83.2 cm³/mol. The third kappa shape index (κ3) is 3.95. The standard InChI is InChI=1S/C16H25N3O2/c1-19(13-9-5-6-10-15(13)20)14(11-16(17)18-21)12-7-3-2-4-8-12/h2-4,7-8,13-15,20-21H,5-6,9-11H2,1H3,(H2,17,18). The van der Waals surface area contributed by atoms with Crippen molar-refractivity contribution in [1.82, 2.24) is 4.90 Å². The Kier molecular flexibility index (Phi) is 5.59. The molecule has 0 radical (unpaired) electrons. The zero-order valence-electron chi connectivity index (χ0n) is 12.5. The van der Waals surface area contributed by atoms with E-state index in [1.807, 2.05) is 37.4 Å². The van der Waals surface area contributed by atoms with Gasteiger partial charge in [-0.1, -0.05) is 48.3 Å². The van der Waals surface area contributed by atoms with Gasteiger partial charge in [-0.25, -0.2) is 0 Å². The lowest BCUT2D eigenvalue weighted by Crippen LogP contribution is -2.45. The molecule has 1 aromatic carbocycles. The van der Waals surface area contributed by atoms with Crippen molar-refractivity contribution >= 4 is 5.84 Å². The van der Waals surface area contributed by atoms with Gasteiger partial charge in [0.2, 0.25) is 0 Å². The Labute approximate surface area is 126 Å². The monoisotopic (exact) mass is 291 g/mol.